The van der Waals surface area contributed by atoms with Crippen LogP contribution in [0.25, 0.3) is 11.2 Å². The van der Waals surface area contributed by atoms with Gasteiger partial charge in [0.2, 0.25) is 5.60 Å². The Hall–Kier alpha value is -1.59. The third kappa shape index (κ3) is 3.00. The van der Waals surface area contributed by atoms with Crippen LogP contribution < -0.4 is 5.73 Å². The fraction of sp³-hybridized carbons (Fsp3) is 0.500. The average molecular weight is 598 g/mol. The molecule has 3 heterocycles. The van der Waals surface area contributed by atoms with Gasteiger partial charge in [0, 0.05) is 22.6 Å². The molecule has 14 heteroatoms. The molecule has 162 valence electrons. The van der Waals surface area contributed by atoms with Gasteiger partial charge in [0.1, 0.15) is 12.2 Å². The zero-order chi connectivity index (χ0) is 22.8. The van der Waals surface area contributed by atoms with E-state index in [4.69, 9.17) is 10.5 Å². The second-order valence-corrected chi connectivity index (χ2v) is 8.58. The molecule has 0 radical (unpaired) electrons. The number of nitrogens with two attached hydrogens (primary N) is 1. The number of hydrogen-bond acceptors (Lipinski definition) is 11. The molecule has 0 spiro atoms. The molecule has 12 nitrogen and oxygen atoms in total. The van der Waals surface area contributed by atoms with Crippen LogP contribution in [0.5, 0.6) is 0 Å². The Labute approximate surface area is 191 Å². The van der Waals surface area contributed by atoms with Crippen molar-refractivity contribution in [2.75, 3.05) is 5.73 Å². The summed E-state index contributed by atoms with van der Waals surface area (Å²) in [7, 11) is 0. The average Bonchev–Trinajstić information content (AvgIpc) is 3.08. The van der Waals surface area contributed by atoms with E-state index < -0.39 is 47.0 Å². The number of Topliss-reactive ketones (excluding diaryl/α,β-unsaturated/α-hetero) is 3. The van der Waals surface area contributed by atoms with Crippen molar-refractivity contribution in [1.29, 1.82) is 0 Å². The Morgan fingerprint density at radius 3 is 2.23 bits per heavy atom. The van der Waals surface area contributed by atoms with Gasteiger partial charge in [-0.15, -0.1) is 0 Å². The van der Waals surface area contributed by atoms with Crippen molar-refractivity contribution in [3.63, 3.8) is 0 Å². The van der Waals surface area contributed by atoms with Crippen molar-refractivity contribution in [1.82, 2.24) is 19.5 Å². The highest BCUT2D eigenvalue weighted by molar-refractivity contribution is 14.1. The van der Waals surface area contributed by atoms with Gasteiger partial charge in [-0.1, -0.05) is 0 Å². The molecule has 0 bridgehead atoms. The molecule has 0 saturated carbocycles. The molecule has 1 aliphatic heterocycles. The van der Waals surface area contributed by atoms with Crippen LogP contribution in [-0.2, 0) is 19.1 Å². The minimum absolute atomic E-state index is 0.00429. The highest BCUT2D eigenvalue weighted by Crippen LogP contribution is 2.49. The standard InChI is InChI=1S/C16H17BrIN5O7/c1-4(24)8(27)9-15(28,5(2)25)16(29,6(3)26)12(30-9)23-11-7(20-13(23)17)10(19)21-14(18)22-11/h8-9,12,27-29H,1-3H3,(H2,19,21,22)/t8?,9-,12-,15-,16+/m1/s1. The number of anilines is 1. The molecule has 3 rings (SSSR count). The first kappa shape index (κ1) is 23.1. The Kier molecular flexibility index (Phi) is 5.79. The quantitative estimate of drug-likeness (QED) is 0.193. The zero-order valence-corrected chi connectivity index (χ0v) is 19.6. The number of rotatable bonds is 5. The number of nitrogen functional groups attached to an aromatic ring is 1. The lowest BCUT2D eigenvalue weighted by Gasteiger charge is -2.37. The first-order valence-electron chi connectivity index (χ1n) is 8.45. The van der Waals surface area contributed by atoms with Crippen molar-refractivity contribution >= 4 is 72.9 Å². The van der Waals surface area contributed by atoms with Crippen LogP contribution >= 0.6 is 38.5 Å². The van der Waals surface area contributed by atoms with Gasteiger partial charge in [-0.25, -0.2) is 15.0 Å². The lowest BCUT2D eigenvalue weighted by atomic mass is 9.73. The number of ketones is 3. The Morgan fingerprint density at radius 1 is 1.17 bits per heavy atom. The van der Waals surface area contributed by atoms with Gasteiger partial charge >= 0.3 is 0 Å². The molecule has 0 aromatic carbocycles. The number of fused-ring (bicyclic) bond motifs is 1. The lowest BCUT2D eigenvalue weighted by molar-refractivity contribution is -0.184. The van der Waals surface area contributed by atoms with Gasteiger partial charge in [-0.2, -0.15) is 0 Å². The van der Waals surface area contributed by atoms with Crippen LogP contribution in [0.3, 0.4) is 0 Å². The predicted octanol–water partition coefficient (Wildman–Crippen LogP) is -0.737. The third-order valence-electron chi connectivity index (χ3n) is 5.13. The summed E-state index contributed by atoms with van der Waals surface area (Å²) in [5.74, 6) is -2.98. The first-order valence-corrected chi connectivity index (χ1v) is 10.3. The molecule has 5 atom stereocenters. The van der Waals surface area contributed by atoms with E-state index >= 15 is 0 Å². The summed E-state index contributed by atoms with van der Waals surface area (Å²) < 4.78 is 6.91. The molecular formula is C16H17BrIN5O7. The molecule has 1 saturated heterocycles. The van der Waals surface area contributed by atoms with Crippen LogP contribution in [0, 0.1) is 3.83 Å². The van der Waals surface area contributed by atoms with E-state index in [0.717, 1.165) is 25.3 Å². The van der Waals surface area contributed by atoms with E-state index in [9.17, 15) is 29.7 Å². The van der Waals surface area contributed by atoms with Gasteiger partial charge in [0.25, 0.3) is 0 Å². The fourth-order valence-corrected chi connectivity index (χ4v) is 4.58. The van der Waals surface area contributed by atoms with E-state index in [2.05, 4.69) is 30.9 Å². The molecule has 0 amide bonds. The Morgan fingerprint density at radius 2 is 1.73 bits per heavy atom. The predicted molar refractivity (Wildman–Crippen MR) is 112 cm³/mol. The van der Waals surface area contributed by atoms with Crippen molar-refractivity contribution in [3.8, 4) is 0 Å². The highest BCUT2D eigenvalue weighted by atomic mass is 127. The lowest BCUT2D eigenvalue weighted by Crippen LogP contribution is -2.67. The molecule has 1 unspecified atom stereocenters. The second kappa shape index (κ2) is 7.52. The number of imidazole rings is 1. The maximum atomic E-state index is 12.6. The number of carbonyl (C=O) groups excluding carboxylic acids is 3. The number of aliphatic hydroxyl groups excluding tert-OH is 1. The topological polar surface area (TPSA) is 191 Å². The van der Waals surface area contributed by atoms with Crippen molar-refractivity contribution < 1.29 is 34.4 Å². The Bertz CT molecular complexity index is 1090. The number of carbonyl (C=O) groups is 3. The maximum absolute atomic E-state index is 12.6. The van der Waals surface area contributed by atoms with Crippen LogP contribution in [0.4, 0.5) is 5.82 Å². The molecule has 30 heavy (non-hydrogen) atoms. The smallest absolute Gasteiger partial charge is 0.206 e. The summed E-state index contributed by atoms with van der Waals surface area (Å²) in [6.45, 7) is 2.85. The van der Waals surface area contributed by atoms with Crippen molar-refractivity contribution in [3.05, 3.63) is 8.56 Å². The zero-order valence-electron chi connectivity index (χ0n) is 15.8. The third-order valence-corrected chi connectivity index (χ3v) is 6.18. The number of hydrogen-bond donors (Lipinski definition) is 4. The van der Waals surface area contributed by atoms with Gasteiger partial charge in [0.15, 0.2) is 54.7 Å². The van der Waals surface area contributed by atoms with Gasteiger partial charge in [0.05, 0.1) is 0 Å². The summed E-state index contributed by atoms with van der Waals surface area (Å²) in [5, 5.41) is 32.9. The van der Waals surface area contributed by atoms with Crippen LogP contribution in [-0.4, -0.2) is 75.6 Å². The molecular weight excluding hydrogens is 581 g/mol. The Balaban J connectivity index is 2.36. The van der Waals surface area contributed by atoms with E-state index in [1.165, 1.54) is 0 Å². The summed E-state index contributed by atoms with van der Waals surface area (Å²) in [6, 6.07) is 0. The monoisotopic (exact) mass is 597 g/mol. The minimum atomic E-state index is -2.95. The number of aliphatic hydroxyl groups is 3. The second-order valence-electron chi connectivity index (χ2n) is 6.91. The number of ether oxygens (including phenoxy) is 1. The van der Waals surface area contributed by atoms with Gasteiger partial charge < -0.3 is 25.8 Å². The summed E-state index contributed by atoms with van der Waals surface area (Å²) in [4.78, 5) is 49.2. The van der Waals surface area contributed by atoms with Crippen molar-refractivity contribution in [2.45, 2.75) is 50.4 Å². The molecule has 1 fully saturated rings. The number of halogens is 2. The number of nitrogens with zero attached hydrogens (tertiary/aromatic N) is 4. The van der Waals surface area contributed by atoms with Crippen LogP contribution in [0.2, 0.25) is 0 Å². The van der Waals surface area contributed by atoms with E-state index in [1.54, 1.807) is 22.6 Å². The molecule has 2 aromatic heterocycles. The van der Waals surface area contributed by atoms with Gasteiger partial charge in [-0.3, -0.25) is 19.0 Å². The largest absolute Gasteiger partial charge is 0.382 e. The molecule has 0 aliphatic carbocycles. The first-order chi connectivity index (χ1) is 13.8. The molecule has 5 N–H and O–H groups in total. The van der Waals surface area contributed by atoms with Crippen molar-refractivity contribution in [2.24, 2.45) is 0 Å². The van der Waals surface area contributed by atoms with E-state index in [0.29, 0.717) is 0 Å². The summed E-state index contributed by atoms with van der Waals surface area (Å²) in [6.07, 6.45) is -5.76. The highest BCUT2D eigenvalue weighted by Gasteiger charge is 2.73. The summed E-state index contributed by atoms with van der Waals surface area (Å²) >= 11 is 4.96. The van der Waals surface area contributed by atoms with Crippen LogP contribution in [0.15, 0.2) is 4.73 Å². The fourth-order valence-electron chi connectivity index (χ4n) is 3.56. The van der Waals surface area contributed by atoms with E-state index in [1.807, 2.05) is 0 Å². The SMILES string of the molecule is CC(=O)C(O)[C@H]1O[C@@H](n2c(Br)nc3c(N)nc(I)nc32)[C@@](O)(C(C)=O)[C@@]1(O)C(C)=O. The summed E-state index contributed by atoms with van der Waals surface area (Å²) in [5.41, 5.74) is 0.138. The maximum Gasteiger partial charge on any atom is 0.206 e. The normalized spacial score (nSPS) is 29.9. The van der Waals surface area contributed by atoms with Gasteiger partial charge in [-0.05, 0) is 36.7 Å². The molecule has 1 aliphatic rings. The minimum Gasteiger partial charge on any atom is -0.382 e. The van der Waals surface area contributed by atoms with E-state index in [-0.39, 0.29) is 25.5 Å². The van der Waals surface area contributed by atoms with Crippen LogP contribution in [0.1, 0.15) is 27.0 Å². The molecule has 2 aromatic rings. The number of aromatic nitrogens is 4.